The summed E-state index contributed by atoms with van der Waals surface area (Å²) in [6, 6.07) is 0. The van der Waals surface area contributed by atoms with E-state index in [9.17, 15) is 5.11 Å². The van der Waals surface area contributed by atoms with Crippen molar-refractivity contribution in [3.63, 3.8) is 0 Å². The summed E-state index contributed by atoms with van der Waals surface area (Å²) in [7, 11) is 0. The third kappa shape index (κ3) is 3.27. The summed E-state index contributed by atoms with van der Waals surface area (Å²) in [5.41, 5.74) is 0. The van der Waals surface area contributed by atoms with Gasteiger partial charge in [-0.3, -0.25) is 0 Å². The van der Waals surface area contributed by atoms with Crippen LogP contribution < -0.4 is 0 Å². The van der Waals surface area contributed by atoms with Gasteiger partial charge in [0, 0.05) is 0 Å². The topological polar surface area (TPSA) is 20.2 Å². The van der Waals surface area contributed by atoms with E-state index in [1.165, 1.54) is 25.7 Å². The van der Waals surface area contributed by atoms with Crippen molar-refractivity contribution in [1.29, 1.82) is 0 Å². The summed E-state index contributed by atoms with van der Waals surface area (Å²) in [4.78, 5) is 0. The van der Waals surface area contributed by atoms with Gasteiger partial charge in [0.25, 0.3) is 0 Å². The van der Waals surface area contributed by atoms with Crippen molar-refractivity contribution in [3.8, 4) is 0 Å². The molecule has 1 aliphatic carbocycles. The van der Waals surface area contributed by atoms with E-state index in [4.69, 9.17) is 0 Å². The van der Waals surface area contributed by atoms with Crippen LogP contribution in [0, 0.1) is 23.7 Å². The molecule has 1 aliphatic rings. The quantitative estimate of drug-likeness (QED) is 0.736. The van der Waals surface area contributed by atoms with E-state index in [-0.39, 0.29) is 6.10 Å². The maximum absolute atomic E-state index is 9.84. The molecule has 0 amide bonds. The lowest BCUT2D eigenvalue weighted by molar-refractivity contribution is 0.00884. The SMILES string of the molecule is CC(C)CCC1C[C@@H](C)C(O)[C@H](C)C1. The van der Waals surface area contributed by atoms with E-state index in [2.05, 4.69) is 27.7 Å². The van der Waals surface area contributed by atoms with Gasteiger partial charge in [-0.2, -0.15) is 0 Å². The van der Waals surface area contributed by atoms with Crippen molar-refractivity contribution in [2.24, 2.45) is 23.7 Å². The average Bonchev–Trinajstić information content (AvgIpc) is 2.10. The molecular formula is C13H26O. The van der Waals surface area contributed by atoms with Crippen molar-refractivity contribution < 1.29 is 5.11 Å². The Bertz CT molecular complexity index is 153. The second kappa shape index (κ2) is 5.16. The molecule has 1 saturated carbocycles. The minimum atomic E-state index is -0.0506. The Labute approximate surface area is 88.9 Å². The van der Waals surface area contributed by atoms with Crippen LogP contribution in [0.3, 0.4) is 0 Å². The third-order valence-electron chi connectivity index (χ3n) is 3.73. The van der Waals surface area contributed by atoms with Gasteiger partial charge in [0.2, 0.25) is 0 Å². The first-order valence-corrected chi connectivity index (χ1v) is 6.18. The number of rotatable bonds is 3. The van der Waals surface area contributed by atoms with Crippen LogP contribution in [0.2, 0.25) is 0 Å². The second-order valence-corrected chi connectivity index (χ2v) is 5.75. The molecule has 84 valence electrons. The zero-order valence-corrected chi connectivity index (χ0v) is 10.2. The highest BCUT2D eigenvalue weighted by Gasteiger charge is 2.31. The van der Waals surface area contributed by atoms with Gasteiger partial charge >= 0.3 is 0 Å². The van der Waals surface area contributed by atoms with Crippen LogP contribution in [0.15, 0.2) is 0 Å². The van der Waals surface area contributed by atoms with Gasteiger partial charge in [-0.05, 0) is 36.5 Å². The van der Waals surface area contributed by atoms with Crippen LogP contribution >= 0.6 is 0 Å². The zero-order valence-electron chi connectivity index (χ0n) is 10.2. The Balaban J connectivity index is 2.34. The summed E-state index contributed by atoms with van der Waals surface area (Å²) in [6.07, 6.45) is 5.13. The van der Waals surface area contributed by atoms with E-state index in [1.54, 1.807) is 0 Å². The van der Waals surface area contributed by atoms with E-state index >= 15 is 0 Å². The molecule has 0 bridgehead atoms. The fourth-order valence-corrected chi connectivity index (χ4v) is 2.79. The van der Waals surface area contributed by atoms with Crippen LogP contribution in [0.5, 0.6) is 0 Å². The summed E-state index contributed by atoms with van der Waals surface area (Å²) in [6.45, 7) is 8.99. The van der Waals surface area contributed by atoms with Gasteiger partial charge in [0.1, 0.15) is 0 Å². The lowest BCUT2D eigenvalue weighted by Crippen LogP contribution is -2.34. The van der Waals surface area contributed by atoms with Crippen LogP contribution in [0.1, 0.15) is 53.4 Å². The molecule has 0 heterocycles. The maximum atomic E-state index is 9.84. The molecule has 0 aromatic rings. The first-order valence-electron chi connectivity index (χ1n) is 6.18. The van der Waals surface area contributed by atoms with Crippen LogP contribution in [-0.4, -0.2) is 11.2 Å². The molecule has 1 rings (SSSR count). The summed E-state index contributed by atoms with van der Waals surface area (Å²) < 4.78 is 0. The standard InChI is InChI=1S/C13H26O/c1-9(2)5-6-12-7-10(3)13(14)11(4)8-12/h9-14H,5-8H2,1-4H3/t10-,11-,12?,13?/m1/s1. The molecule has 2 atom stereocenters. The molecule has 0 spiro atoms. The van der Waals surface area contributed by atoms with Crippen LogP contribution in [-0.2, 0) is 0 Å². The maximum Gasteiger partial charge on any atom is 0.0591 e. The van der Waals surface area contributed by atoms with E-state index in [0.29, 0.717) is 11.8 Å². The molecule has 1 heteroatoms. The highest BCUT2D eigenvalue weighted by Crippen LogP contribution is 2.36. The van der Waals surface area contributed by atoms with Gasteiger partial charge in [0.15, 0.2) is 0 Å². The smallest absolute Gasteiger partial charge is 0.0591 e. The number of hydrogen-bond donors (Lipinski definition) is 1. The monoisotopic (exact) mass is 198 g/mol. The summed E-state index contributed by atoms with van der Waals surface area (Å²) >= 11 is 0. The van der Waals surface area contributed by atoms with Crippen LogP contribution in [0.25, 0.3) is 0 Å². The lowest BCUT2D eigenvalue weighted by Gasteiger charge is -2.36. The Kier molecular flexibility index (Phi) is 4.43. The molecule has 1 fully saturated rings. The van der Waals surface area contributed by atoms with Gasteiger partial charge < -0.3 is 5.11 Å². The molecule has 1 N–H and O–H groups in total. The third-order valence-corrected chi connectivity index (χ3v) is 3.73. The van der Waals surface area contributed by atoms with E-state index in [0.717, 1.165) is 11.8 Å². The largest absolute Gasteiger partial charge is 0.393 e. The fraction of sp³-hybridized carbons (Fsp3) is 1.00. The van der Waals surface area contributed by atoms with Crippen molar-refractivity contribution in [2.75, 3.05) is 0 Å². The molecule has 14 heavy (non-hydrogen) atoms. The first-order chi connectivity index (χ1) is 6.50. The highest BCUT2D eigenvalue weighted by molar-refractivity contribution is 4.81. The van der Waals surface area contributed by atoms with Gasteiger partial charge in [-0.15, -0.1) is 0 Å². The highest BCUT2D eigenvalue weighted by atomic mass is 16.3. The van der Waals surface area contributed by atoms with Crippen LogP contribution in [0.4, 0.5) is 0 Å². The minimum absolute atomic E-state index is 0.0506. The van der Waals surface area contributed by atoms with Crippen molar-refractivity contribution in [3.05, 3.63) is 0 Å². The molecular weight excluding hydrogens is 172 g/mol. The Morgan fingerprint density at radius 3 is 2.07 bits per heavy atom. The number of aliphatic hydroxyl groups is 1. The van der Waals surface area contributed by atoms with Crippen molar-refractivity contribution in [1.82, 2.24) is 0 Å². The minimum Gasteiger partial charge on any atom is -0.393 e. The predicted molar refractivity (Wildman–Crippen MR) is 61.1 cm³/mol. The normalized spacial score (nSPS) is 39.0. The summed E-state index contributed by atoms with van der Waals surface area (Å²) in [5.74, 6) is 2.71. The molecule has 0 radical (unpaired) electrons. The Morgan fingerprint density at radius 1 is 1.14 bits per heavy atom. The summed E-state index contributed by atoms with van der Waals surface area (Å²) in [5, 5.41) is 9.84. The first kappa shape index (κ1) is 12.0. The molecule has 0 aromatic heterocycles. The number of hydrogen-bond acceptors (Lipinski definition) is 1. The second-order valence-electron chi connectivity index (χ2n) is 5.75. The van der Waals surface area contributed by atoms with Gasteiger partial charge in [0.05, 0.1) is 6.10 Å². The van der Waals surface area contributed by atoms with Gasteiger partial charge in [-0.25, -0.2) is 0 Å². The van der Waals surface area contributed by atoms with E-state index in [1.807, 2.05) is 0 Å². The average molecular weight is 198 g/mol. The lowest BCUT2D eigenvalue weighted by atomic mass is 9.73. The molecule has 0 saturated heterocycles. The predicted octanol–water partition coefficient (Wildman–Crippen LogP) is 3.47. The zero-order chi connectivity index (χ0) is 10.7. The van der Waals surface area contributed by atoms with E-state index < -0.39 is 0 Å². The molecule has 0 unspecified atom stereocenters. The molecule has 0 aliphatic heterocycles. The fourth-order valence-electron chi connectivity index (χ4n) is 2.79. The molecule has 1 nitrogen and oxygen atoms in total. The van der Waals surface area contributed by atoms with Crippen molar-refractivity contribution in [2.45, 2.75) is 59.5 Å². The molecule has 0 aromatic carbocycles. The number of aliphatic hydroxyl groups excluding tert-OH is 1. The Morgan fingerprint density at radius 2 is 1.64 bits per heavy atom. The van der Waals surface area contributed by atoms with Gasteiger partial charge in [-0.1, -0.05) is 40.5 Å². The Hall–Kier alpha value is -0.0400. The van der Waals surface area contributed by atoms with Crippen molar-refractivity contribution >= 4 is 0 Å².